The Labute approximate surface area is 288 Å². The van der Waals surface area contributed by atoms with Gasteiger partial charge < -0.3 is 24.8 Å². The van der Waals surface area contributed by atoms with E-state index < -0.39 is 0 Å². The summed E-state index contributed by atoms with van der Waals surface area (Å²) in [5.41, 5.74) is 5.32. The second-order valence-corrected chi connectivity index (χ2v) is 12.6. The predicted octanol–water partition coefficient (Wildman–Crippen LogP) is 5.85. The highest BCUT2D eigenvalue weighted by molar-refractivity contribution is 6.39. The number of cyclic esters (lactones) is 1. The molecule has 2 aliphatic heterocycles. The second-order valence-electron chi connectivity index (χ2n) is 11.8. The first-order valence-corrected chi connectivity index (χ1v) is 16.6. The van der Waals surface area contributed by atoms with Crippen molar-refractivity contribution < 1.29 is 23.8 Å². The van der Waals surface area contributed by atoms with Crippen molar-refractivity contribution in [2.75, 3.05) is 27.4 Å². The van der Waals surface area contributed by atoms with Crippen molar-refractivity contribution in [3.05, 3.63) is 70.2 Å². The Morgan fingerprint density at radius 1 is 0.896 bits per heavy atom. The summed E-state index contributed by atoms with van der Waals surface area (Å²) in [6.45, 7) is 1.47. The highest BCUT2D eigenvalue weighted by Gasteiger charge is 2.24. The van der Waals surface area contributed by atoms with Gasteiger partial charge in [-0.1, -0.05) is 59.6 Å². The van der Waals surface area contributed by atoms with E-state index in [4.69, 9.17) is 47.4 Å². The van der Waals surface area contributed by atoms with Crippen LogP contribution in [0.4, 0.5) is 0 Å². The number of carbonyl (C=O) groups is 2. The smallest absolute Gasteiger partial charge is 0.306 e. The Balaban J connectivity index is 1.20. The van der Waals surface area contributed by atoms with Crippen LogP contribution in [0.1, 0.15) is 43.5 Å². The minimum absolute atomic E-state index is 0.118. The molecule has 4 heterocycles. The molecule has 1 amide bonds. The summed E-state index contributed by atoms with van der Waals surface area (Å²) in [7, 11) is 3.12. The Morgan fingerprint density at radius 2 is 1.50 bits per heavy atom. The van der Waals surface area contributed by atoms with E-state index in [0.29, 0.717) is 89.0 Å². The number of hydrogen-bond acceptors (Lipinski definition) is 10. The van der Waals surface area contributed by atoms with Gasteiger partial charge in [-0.05, 0) is 25.7 Å². The van der Waals surface area contributed by atoms with Crippen LogP contribution in [0.5, 0.6) is 11.8 Å². The average molecular weight is 692 g/mol. The molecule has 0 aliphatic carbocycles. The fourth-order valence-electron chi connectivity index (χ4n) is 6.05. The van der Waals surface area contributed by atoms with Gasteiger partial charge in [-0.2, -0.15) is 0 Å². The Bertz CT molecular complexity index is 1690. The zero-order chi connectivity index (χ0) is 33.6. The summed E-state index contributed by atoms with van der Waals surface area (Å²) < 4.78 is 16.2. The van der Waals surface area contributed by atoms with Gasteiger partial charge >= 0.3 is 5.97 Å². The number of rotatable bonds is 13. The fraction of sp³-hybridized carbons (Fsp3) is 0.371. The van der Waals surface area contributed by atoms with Gasteiger partial charge in [0, 0.05) is 53.7 Å². The van der Waals surface area contributed by atoms with Gasteiger partial charge in [0.15, 0.2) is 0 Å². The van der Waals surface area contributed by atoms with E-state index in [9.17, 15) is 9.59 Å². The monoisotopic (exact) mass is 690 g/mol. The maximum absolute atomic E-state index is 11.5. The average Bonchev–Trinajstić information content (AvgIpc) is 3.72. The first-order valence-electron chi connectivity index (χ1n) is 15.9. The molecule has 13 heteroatoms. The lowest BCUT2D eigenvalue weighted by atomic mass is 9.98. The fourth-order valence-corrected chi connectivity index (χ4v) is 6.70. The van der Waals surface area contributed by atoms with Crippen LogP contribution in [0.15, 0.2) is 48.8 Å². The van der Waals surface area contributed by atoms with Crippen molar-refractivity contribution in [2.24, 2.45) is 5.92 Å². The number of hydrogen-bond donors (Lipinski definition) is 2. The van der Waals surface area contributed by atoms with Crippen LogP contribution >= 0.6 is 23.2 Å². The van der Waals surface area contributed by atoms with Gasteiger partial charge in [-0.3, -0.25) is 19.6 Å². The largest absolute Gasteiger partial charge is 0.480 e. The number of halogens is 2. The third kappa shape index (κ3) is 7.53. The molecule has 0 spiro atoms. The number of nitrogens with zero attached hydrogens (tertiary/aromatic N) is 4. The zero-order valence-electron chi connectivity index (χ0n) is 26.7. The zero-order valence-corrected chi connectivity index (χ0v) is 28.2. The van der Waals surface area contributed by atoms with Gasteiger partial charge in [0.05, 0.1) is 61.1 Å². The minimum Gasteiger partial charge on any atom is -0.480 e. The Kier molecular flexibility index (Phi) is 10.7. The third-order valence-corrected chi connectivity index (χ3v) is 9.38. The molecule has 48 heavy (non-hydrogen) atoms. The van der Waals surface area contributed by atoms with Crippen molar-refractivity contribution in [1.29, 1.82) is 0 Å². The van der Waals surface area contributed by atoms with Crippen LogP contribution in [-0.2, 0) is 27.3 Å². The first kappa shape index (κ1) is 33.6. The molecule has 6 rings (SSSR count). The lowest BCUT2D eigenvalue weighted by Crippen LogP contribution is -2.25. The number of aryl methyl sites for hydroxylation is 1. The molecule has 2 atom stereocenters. The number of amides is 1. The van der Waals surface area contributed by atoms with E-state index in [1.54, 1.807) is 26.6 Å². The highest BCUT2D eigenvalue weighted by atomic mass is 35.5. The molecule has 11 nitrogen and oxygen atoms in total. The number of carbonyl (C=O) groups excluding carboxylic acids is 2. The summed E-state index contributed by atoms with van der Waals surface area (Å²) in [5.74, 6) is 0.908. The number of nitrogens with one attached hydrogen (secondary N) is 2. The number of methoxy groups -OCH3 is 2. The summed E-state index contributed by atoms with van der Waals surface area (Å²) in [4.78, 5) is 41.6. The molecular formula is C35H36Cl2N6O5. The van der Waals surface area contributed by atoms with E-state index in [0.717, 1.165) is 36.1 Å². The van der Waals surface area contributed by atoms with Crippen LogP contribution < -0.4 is 20.1 Å². The van der Waals surface area contributed by atoms with Crippen LogP contribution in [0.2, 0.25) is 10.0 Å². The molecular weight excluding hydrogens is 655 g/mol. The van der Waals surface area contributed by atoms with Crippen molar-refractivity contribution >= 4 is 35.1 Å². The predicted molar refractivity (Wildman–Crippen MR) is 182 cm³/mol. The van der Waals surface area contributed by atoms with Gasteiger partial charge in [0.2, 0.25) is 17.7 Å². The SMILES string of the molecule is COc1nc(-c2cccc(-c3cccc(-c4cnc(CNCC5COC(=O)C5)c(OC)n4)c3Cl)c2Cl)cnc1CCC[C@@H]1CCC(=O)N1. The van der Waals surface area contributed by atoms with E-state index in [-0.39, 0.29) is 23.8 Å². The van der Waals surface area contributed by atoms with E-state index >= 15 is 0 Å². The summed E-state index contributed by atoms with van der Waals surface area (Å²) >= 11 is 14.1. The summed E-state index contributed by atoms with van der Waals surface area (Å²) in [5, 5.41) is 7.25. The lowest BCUT2D eigenvalue weighted by molar-refractivity contribution is -0.138. The molecule has 0 radical (unpaired) electrons. The molecule has 0 saturated carbocycles. The molecule has 2 N–H and O–H groups in total. The van der Waals surface area contributed by atoms with Gasteiger partial charge in [0.25, 0.3) is 0 Å². The molecule has 250 valence electrons. The van der Waals surface area contributed by atoms with E-state index in [1.807, 2.05) is 36.4 Å². The molecule has 2 aromatic heterocycles. The van der Waals surface area contributed by atoms with Crippen LogP contribution in [0.3, 0.4) is 0 Å². The number of esters is 1. The van der Waals surface area contributed by atoms with Crippen molar-refractivity contribution in [3.63, 3.8) is 0 Å². The summed E-state index contributed by atoms with van der Waals surface area (Å²) in [6.07, 6.45) is 7.67. The highest BCUT2D eigenvalue weighted by Crippen LogP contribution is 2.42. The van der Waals surface area contributed by atoms with Crippen molar-refractivity contribution in [1.82, 2.24) is 30.6 Å². The van der Waals surface area contributed by atoms with Gasteiger partial charge in [-0.25, -0.2) is 9.97 Å². The molecule has 0 bridgehead atoms. The quantitative estimate of drug-likeness (QED) is 0.165. The van der Waals surface area contributed by atoms with Crippen molar-refractivity contribution in [2.45, 2.75) is 51.1 Å². The molecule has 1 unspecified atom stereocenters. The van der Waals surface area contributed by atoms with Gasteiger partial charge in [0.1, 0.15) is 11.4 Å². The number of ether oxygens (including phenoxy) is 3. The topological polar surface area (TPSA) is 137 Å². The normalized spacial score (nSPS) is 17.3. The Hall–Kier alpha value is -4.32. The van der Waals surface area contributed by atoms with E-state index in [2.05, 4.69) is 20.6 Å². The van der Waals surface area contributed by atoms with Crippen LogP contribution in [-0.4, -0.2) is 65.2 Å². The van der Waals surface area contributed by atoms with E-state index in [1.165, 1.54) is 0 Å². The Morgan fingerprint density at radius 3 is 2.06 bits per heavy atom. The molecule has 4 aromatic rings. The van der Waals surface area contributed by atoms with Crippen LogP contribution in [0.25, 0.3) is 33.6 Å². The molecule has 2 saturated heterocycles. The summed E-state index contributed by atoms with van der Waals surface area (Å²) in [6, 6.07) is 11.6. The van der Waals surface area contributed by atoms with Gasteiger partial charge in [-0.15, -0.1) is 0 Å². The maximum atomic E-state index is 11.5. The maximum Gasteiger partial charge on any atom is 0.306 e. The second kappa shape index (κ2) is 15.3. The molecule has 2 aliphatic rings. The van der Waals surface area contributed by atoms with Crippen molar-refractivity contribution in [3.8, 4) is 45.4 Å². The van der Waals surface area contributed by atoms with Crippen LogP contribution in [0, 0.1) is 5.92 Å². The first-order chi connectivity index (χ1) is 23.3. The minimum atomic E-state index is -0.168. The molecule has 2 aromatic carbocycles. The molecule has 2 fully saturated rings. The standard InChI is InChI=1S/C35H36Cl2N6O5/c1-46-34-26(11-3-6-21-12-13-30(44)41-21)39-17-27(42-34)24-9-4-7-22(32(24)36)23-8-5-10-25(33(23)37)28-18-40-29(35(43-28)47-2)16-38-15-20-14-31(45)48-19-20/h4-5,7-10,17-18,20-21,38H,3,6,11-16,19H2,1-2H3,(H,41,44)/t20?,21-/m1/s1. The number of benzene rings is 2. The number of aromatic nitrogens is 4. The third-order valence-electron chi connectivity index (χ3n) is 8.56. The lowest BCUT2D eigenvalue weighted by Gasteiger charge is -2.15.